The Morgan fingerprint density at radius 1 is 1.08 bits per heavy atom. The van der Waals surface area contributed by atoms with Crippen molar-refractivity contribution < 1.29 is 14.8 Å². The zero-order valence-electron chi connectivity index (χ0n) is 14.9. The van der Waals surface area contributed by atoms with Gasteiger partial charge in [-0.15, -0.1) is 11.8 Å². The minimum absolute atomic E-state index is 0.115. The predicted octanol–water partition coefficient (Wildman–Crippen LogP) is 1.01. The number of hydrogen-bond acceptors (Lipinski definition) is 4. The third-order valence-electron chi connectivity index (χ3n) is 4.54. The lowest BCUT2D eigenvalue weighted by Crippen LogP contribution is -3.16. The zero-order valence-corrected chi connectivity index (χ0v) is 15.7. The van der Waals surface area contributed by atoms with Gasteiger partial charge in [0.2, 0.25) is 0 Å². The number of rotatable bonds is 7. The van der Waals surface area contributed by atoms with Gasteiger partial charge < -0.3 is 20.2 Å². The summed E-state index contributed by atoms with van der Waals surface area (Å²) in [5.74, 6) is 1.32. The molecule has 2 aromatic carbocycles. The molecule has 0 spiro atoms. The van der Waals surface area contributed by atoms with Gasteiger partial charge in [-0.1, -0.05) is 30.3 Å². The van der Waals surface area contributed by atoms with Crippen LogP contribution < -0.4 is 15.1 Å². The molecule has 2 aromatic rings. The number of phenolic OH excluding ortho intramolecular Hbond substituents is 1. The van der Waals surface area contributed by atoms with E-state index in [2.05, 4.69) is 22.3 Å². The average molecular weight is 373 g/mol. The first-order chi connectivity index (χ1) is 12.7. The zero-order chi connectivity index (χ0) is 18.2. The number of anilines is 1. The van der Waals surface area contributed by atoms with Crippen LogP contribution in [0, 0.1) is 0 Å². The van der Waals surface area contributed by atoms with E-state index in [9.17, 15) is 9.90 Å². The second-order valence-electron chi connectivity index (χ2n) is 6.41. The van der Waals surface area contributed by atoms with Crippen molar-refractivity contribution in [3.63, 3.8) is 0 Å². The molecule has 3 rings (SSSR count). The Morgan fingerprint density at radius 3 is 2.50 bits per heavy atom. The number of benzene rings is 2. The van der Waals surface area contributed by atoms with Crippen LogP contribution in [0.25, 0.3) is 0 Å². The maximum Gasteiger partial charge on any atom is 0.275 e. The van der Waals surface area contributed by atoms with Gasteiger partial charge in [0.15, 0.2) is 6.54 Å². The van der Waals surface area contributed by atoms with E-state index in [0.29, 0.717) is 18.8 Å². The highest BCUT2D eigenvalue weighted by molar-refractivity contribution is 7.99. The maximum atomic E-state index is 12.1. The van der Waals surface area contributed by atoms with E-state index >= 15 is 0 Å². The van der Waals surface area contributed by atoms with E-state index in [4.69, 9.17) is 0 Å². The Hall–Kier alpha value is -2.18. The minimum Gasteiger partial charge on any atom is -0.506 e. The van der Waals surface area contributed by atoms with Crippen molar-refractivity contribution in [3.05, 3.63) is 54.6 Å². The summed E-state index contributed by atoms with van der Waals surface area (Å²) >= 11 is 1.76. The maximum absolute atomic E-state index is 12.1. The van der Waals surface area contributed by atoms with Gasteiger partial charge in [0.05, 0.1) is 31.9 Å². The number of piperazine rings is 1. The number of para-hydroxylation sites is 2. The molecule has 0 aromatic heterocycles. The first kappa shape index (κ1) is 18.6. The molecule has 0 unspecified atom stereocenters. The number of amides is 1. The van der Waals surface area contributed by atoms with E-state index < -0.39 is 0 Å². The Labute approximate surface area is 159 Å². The molecule has 0 saturated carbocycles. The van der Waals surface area contributed by atoms with Crippen molar-refractivity contribution in [1.29, 1.82) is 0 Å². The third-order valence-corrected chi connectivity index (χ3v) is 5.55. The van der Waals surface area contributed by atoms with Crippen molar-refractivity contribution in [1.82, 2.24) is 5.32 Å². The van der Waals surface area contributed by atoms with Crippen molar-refractivity contribution in [2.45, 2.75) is 4.90 Å². The molecule has 138 valence electrons. The van der Waals surface area contributed by atoms with E-state index in [0.717, 1.165) is 37.6 Å². The normalized spacial score (nSPS) is 15.0. The molecular formula is C20H26N3O2S+. The largest absolute Gasteiger partial charge is 0.506 e. The molecule has 1 amide bonds. The van der Waals surface area contributed by atoms with E-state index in [1.807, 2.05) is 36.4 Å². The monoisotopic (exact) mass is 372 g/mol. The number of quaternary nitrogens is 1. The highest BCUT2D eigenvalue weighted by atomic mass is 32.2. The molecule has 1 aliphatic rings. The fourth-order valence-corrected chi connectivity index (χ4v) is 3.93. The molecule has 1 saturated heterocycles. The highest BCUT2D eigenvalue weighted by Crippen LogP contribution is 2.25. The fourth-order valence-electron chi connectivity index (χ4n) is 3.14. The first-order valence-electron chi connectivity index (χ1n) is 9.03. The lowest BCUT2D eigenvalue weighted by molar-refractivity contribution is -0.892. The fraction of sp³-hybridized carbons (Fsp3) is 0.350. The summed E-state index contributed by atoms with van der Waals surface area (Å²) in [6, 6.07) is 17.7. The van der Waals surface area contributed by atoms with Crippen LogP contribution in [0.3, 0.4) is 0 Å². The quantitative estimate of drug-likeness (QED) is 0.502. The van der Waals surface area contributed by atoms with Crippen LogP contribution in [-0.2, 0) is 4.79 Å². The van der Waals surface area contributed by atoms with Gasteiger partial charge >= 0.3 is 0 Å². The average Bonchev–Trinajstić information content (AvgIpc) is 2.67. The summed E-state index contributed by atoms with van der Waals surface area (Å²) < 4.78 is 0. The van der Waals surface area contributed by atoms with Gasteiger partial charge in [-0.25, -0.2) is 0 Å². The second-order valence-corrected chi connectivity index (χ2v) is 7.58. The van der Waals surface area contributed by atoms with Crippen molar-refractivity contribution in [2.75, 3.05) is 49.9 Å². The number of nitrogens with one attached hydrogen (secondary N) is 2. The van der Waals surface area contributed by atoms with Gasteiger partial charge in [-0.3, -0.25) is 4.79 Å². The number of thioether (sulfide) groups is 1. The van der Waals surface area contributed by atoms with Gasteiger partial charge in [0.1, 0.15) is 5.75 Å². The summed E-state index contributed by atoms with van der Waals surface area (Å²) in [5, 5.41) is 13.0. The first-order valence-corrected chi connectivity index (χ1v) is 10.0. The summed E-state index contributed by atoms with van der Waals surface area (Å²) in [6.45, 7) is 4.72. The van der Waals surface area contributed by atoms with Crippen LogP contribution >= 0.6 is 11.8 Å². The van der Waals surface area contributed by atoms with Gasteiger partial charge in [-0.05, 0) is 24.3 Å². The SMILES string of the molecule is O=C(C[NH+]1CCN(c2ccccc2O)CC1)NCCSc1ccccc1. The number of hydrogen-bond donors (Lipinski definition) is 3. The molecule has 0 bridgehead atoms. The Kier molecular flexibility index (Phi) is 6.80. The van der Waals surface area contributed by atoms with Gasteiger partial charge in [0, 0.05) is 17.2 Å². The Bertz CT molecular complexity index is 703. The van der Waals surface area contributed by atoms with Crippen LogP contribution in [0.2, 0.25) is 0 Å². The highest BCUT2D eigenvalue weighted by Gasteiger charge is 2.23. The minimum atomic E-state index is 0.115. The molecule has 0 radical (unpaired) electrons. The van der Waals surface area contributed by atoms with E-state index in [1.165, 1.54) is 9.80 Å². The topological polar surface area (TPSA) is 57.0 Å². The van der Waals surface area contributed by atoms with Crippen LogP contribution in [-0.4, -0.2) is 56.0 Å². The summed E-state index contributed by atoms with van der Waals surface area (Å²) in [5.41, 5.74) is 0.883. The standard InChI is InChI=1S/C20H25N3O2S/c24-19-9-5-4-8-18(19)23-13-11-22(12-14-23)16-20(25)21-10-15-26-17-6-2-1-3-7-17/h1-9,24H,10-16H2,(H,21,25)/p+1. The number of nitrogens with zero attached hydrogens (tertiary/aromatic N) is 1. The lowest BCUT2D eigenvalue weighted by Gasteiger charge is -2.33. The van der Waals surface area contributed by atoms with Gasteiger partial charge in [-0.2, -0.15) is 0 Å². The van der Waals surface area contributed by atoms with Crippen LogP contribution in [0.15, 0.2) is 59.5 Å². The number of phenols is 1. The number of carbonyl (C=O) groups is 1. The van der Waals surface area contributed by atoms with Crippen LogP contribution in [0.5, 0.6) is 5.75 Å². The molecular weight excluding hydrogens is 346 g/mol. The summed E-state index contributed by atoms with van der Waals surface area (Å²) in [6.07, 6.45) is 0. The van der Waals surface area contributed by atoms with Crippen molar-refractivity contribution >= 4 is 23.4 Å². The van der Waals surface area contributed by atoms with Crippen LogP contribution in [0.1, 0.15) is 0 Å². The van der Waals surface area contributed by atoms with E-state index in [1.54, 1.807) is 17.8 Å². The molecule has 26 heavy (non-hydrogen) atoms. The van der Waals surface area contributed by atoms with Crippen molar-refractivity contribution in [2.24, 2.45) is 0 Å². The smallest absolute Gasteiger partial charge is 0.275 e. The lowest BCUT2D eigenvalue weighted by atomic mass is 10.2. The Morgan fingerprint density at radius 2 is 1.77 bits per heavy atom. The molecule has 0 aliphatic carbocycles. The third kappa shape index (κ3) is 5.41. The summed E-state index contributed by atoms with van der Waals surface area (Å²) in [7, 11) is 0. The van der Waals surface area contributed by atoms with Gasteiger partial charge in [0.25, 0.3) is 5.91 Å². The Balaban J connectivity index is 1.34. The predicted molar refractivity (Wildman–Crippen MR) is 106 cm³/mol. The molecule has 3 N–H and O–H groups in total. The molecule has 5 nitrogen and oxygen atoms in total. The number of aromatic hydroxyl groups is 1. The van der Waals surface area contributed by atoms with E-state index in [-0.39, 0.29) is 5.91 Å². The molecule has 1 fully saturated rings. The molecule has 6 heteroatoms. The molecule has 1 heterocycles. The molecule has 1 aliphatic heterocycles. The number of carbonyl (C=O) groups excluding carboxylic acids is 1. The molecule has 0 atom stereocenters. The van der Waals surface area contributed by atoms with Crippen molar-refractivity contribution in [3.8, 4) is 5.75 Å². The van der Waals surface area contributed by atoms with Crippen LogP contribution in [0.4, 0.5) is 5.69 Å². The second kappa shape index (κ2) is 9.50. The summed E-state index contributed by atoms with van der Waals surface area (Å²) in [4.78, 5) is 16.8.